The van der Waals surface area contributed by atoms with Crippen molar-refractivity contribution < 1.29 is 14.9 Å². The third-order valence-corrected chi connectivity index (χ3v) is 2.63. The van der Waals surface area contributed by atoms with Crippen LogP contribution in [0.4, 0.5) is 0 Å². The fourth-order valence-corrected chi connectivity index (χ4v) is 1.71. The molecule has 0 saturated carbocycles. The zero-order valence-electron chi connectivity index (χ0n) is 8.65. The number of methoxy groups -OCH3 is 1. The summed E-state index contributed by atoms with van der Waals surface area (Å²) >= 11 is 0. The third-order valence-electron chi connectivity index (χ3n) is 2.63. The van der Waals surface area contributed by atoms with Crippen LogP contribution in [0.5, 0.6) is 0 Å². The summed E-state index contributed by atoms with van der Waals surface area (Å²) in [5, 5.41) is 21.3. The van der Waals surface area contributed by atoms with E-state index in [1.807, 2.05) is 0 Å². The predicted molar refractivity (Wildman–Crippen MR) is 53.2 cm³/mol. The van der Waals surface area contributed by atoms with Crippen LogP contribution < -0.4 is 5.32 Å². The Labute approximate surface area is 84.7 Å². The maximum atomic E-state index is 9.13. The Hall–Kier alpha value is -0.200. The number of nitrogens with zero attached hydrogens (tertiary/aromatic N) is 1. The van der Waals surface area contributed by atoms with Gasteiger partial charge in [0.15, 0.2) is 0 Å². The number of ether oxygens (including phenoxy) is 1. The quantitative estimate of drug-likeness (QED) is 0.496. The van der Waals surface area contributed by atoms with Crippen molar-refractivity contribution in [2.75, 3.05) is 46.6 Å². The molecule has 5 nitrogen and oxygen atoms in total. The van der Waals surface area contributed by atoms with Crippen LogP contribution in [-0.4, -0.2) is 73.8 Å². The highest BCUT2D eigenvalue weighted by Gasteiger charge is 2.26. The Morgan fingerprint density at radius 3 is 2.79 bits per heavy atom. The molecule has 5 heteroatoms. The highest BCUT2D eigenvalue weighted by atomic mass is 16.5. The number of piperazine rings is 1. The molecule has 0 spiro atoms. The summed E-state index contributed by atoms with van der Waals surface area (Å²) in [5.74, 6) is 0. The van der Waals surface area contributed by atoms with E-state index in [0.29, 0.717) is 6.61 Å². The Balaban J connectivity index is 2.38. The summed E-state index contributed by atoms with van der Waals surface area (Å²) in [6.07, 6.45) is 0. The first-order chi connectivity index (χ1) is 6.81. The first-order valence-corrected chi connectivity index (χ1v) is 5.00. The van der Waals surface area contributed by atoms with E-state index < -0.39 is 0 Å². The van der Waals surface area contributed by atoms with Crippen LogP contribution in [0.3, 0.4) is 0 Å². The minimum Gasteiger partial charge on any atom is -0.395 e. The lowest BCUT2D eigenvalue weighted by Gasteiger charge is -2.38. The average molecular weight is 204 g/mol. The summed E-state index contributed by atoms with van der Waals surface area (Å²) in [4.78, 5) is 2.15. The molecule has 3 N–H and O–H groups in total. The van der Waals surface area contributed by atoms with Crippen molar-refractivity contribution in [3.8, 4) is 0 Å². The van der Waals surface area contributed by atoms with Crippen LogP contribution in [0.1, 0.15) is 0 Å². The fourth-order valence-electron chi connectivity index (χ4n) is 1.71. The molecule has 1 rings (SSSR count). The third kappa shape index (κ3) is 3.18. The maximum Gasteiger partial charge on any atom is 0.0599 e. The van der Waals surface area contributed by atoms with E-state index in [4.69, 9.17) is 14.9 Å². The number of nitrogens with one attached hydrogen (secondary N) is 1. The predicted octanol–water partition coefficient (Wildman–Crippen LogP) is -1.74. The second kappa shape index (κ2) is 6.31. The first-order valence-electron chi connectivity index (χ1n) is 5.00. The molecule has 1 heterocycles. The van der Waals surface area contributed by atoms with Gasteiger partial charge in [0.25, 0.3) is 0 Å². The summed E-state index contributed by atoms with van der Waals surface area (Å²) in [7, 11) is 1.67. The van der Waals surface area contributed by atoms with E-state index in [2.05, 4.69) is 10.2 Å². The molecule has 1 saturated heterocycles. The second-order valence-corrected chi connectivity index (χ2v) is 3.61. The molecule has 2 atom stereocenters. The van der Waals surface area contributed by atoms with E-state index in [0.717, 1.165) is 19.6 Å². The van der Waals surface area contributed by atoms with Crippen molar-refractivity contribution in [1.82, 2.24) is 10.2 Å². The van der Waals surface area contributed by atoms with Gasteiger partial charge < -0.3 is 20.3 Å². The number of hydrogen-bond acceptors (Lipinski definition) is 5. The van der Waals surface area contributed by atoms with Crippen LogP contribution in [0.15, 0.2) is 0 Å². The van der Waals surface area contributed by atoms with Crippen LogP contribution in [0.2, 0.25) is 0 Å². The first kappa shape index (κ1) is 11.9. The van der Waals surface area contributed by atoms with Gasteiger partial charge in [-0.2, -0.15) is 0 Å². The number of hydrogen-bond donors (Lipinski definition) is 3. The van der Waals surface area contributed by atoms with Crippen molar-refractivity contribution in [3.63, 3.8) is 0 Å². The van der Waals surface area contributed by atoms with Gasteiger partial charge in [-0.05, 0) is 0 Å². The molecule has 0 aromatic rings. The minimum atomic E-state index is 0.120. The highest BCUT2D eigenvalue weighted by Crippen LogP contribution is 2.06. The van der Waals surface area contributed by atoms with Crippen molar-refractivity contribution in [3.05, 3.63) is 0 Å². The van der Waals surface area contributed by atoms with E-state index in [9.17, 15) is 0 Å². The lowest BCUT2D eigenvalue weighted by molar-refractivity contribution is 0.0443. The van der Waals surface area contributed by atoms with Gasteiger partial charge >= 0.3 is 0 Å². The van der Waals surface area contributed by atoms with Gasteiger partial charge in [0, 0.05) is 38.8 Å². The number of aliphatic hydroxyl groups is 2. The summed E-state index contributed by atoms with van der Waals surface area (Å²) < 4.78 is 5.00. The van der Waals surface area contributed by atoms with Gasteiger partial charge in [0.1, 0.15) is 0 Å². The van der Waals surface area contributed by atoms with Crippen LogP contribution in [-0.2, 0) is 4.74 Å². The summed E-state index contributed by atoms with van der Waals surface area (Å²) in [5.41, 5.74) is 0. The molecule has 0 aromatic heterocycles. The molecule has 0 bridgehead atoms. The van der Waals surface area contributed by atoms with E-state index in [1.54, 1.807) is 7.11 Å². The van der Waals surface area contributed by atoms with E-state index in [-0.39, 0.29) is 25.3 Å². The van der Waals surface area contributed by atoms with Crippen LogP contribution >= 0.6 is 0 Å². The molecule has 2 unspecified atom stereocenters. The van der Waals surface area contributed by atoms with Crippen LogP contribution in [0.25, 0.3) is 0 Å². The topological polar surface area (TPSA) is 65.0 Å². The highest BCUT2D eigenvalue weighted by molar-refractivity contribution is 4.85. The minimum absolute atomic E-state index is 0.120. The normalized spacial score (nSPS) is 29.4. The van der Waals surface area contributed by atoms with Gasteiger partial charge in [0.05, 0.1) is 19.8 Å². The monoisotopic (exact) mass is 204 g/mol. The molecule has 1 aliphatic heterocycles. The standard InChI is InChI=1S/C9H20N2O3/c1-14-3-2-11-5-8(6-12)10-4-9(11)7-13/h8-10,12-13H,2-7H2,1H3. The van der Waals surface area contributed by atoms with Gasteiger partial charge in [0.2, 0.25) is 0 Å². The number of rotatable bonds is 5. The maximum absolute atomic E-state index is 9.13. The molecule has 84 valence electrons. The summed E-state index contributed by atoms with van der Waals surface area (Å²) in [6, 6.07) is 0.266. The Bertz CT molecular complexity index is 157. The van der Waals surface area contributed by atoms with Crippen molar-refractivity contribution in [2.45, 2.75) is 12.1 Å². The molecule has 0 aromatic carbocycles. The zero-order chi connectivity index (χ0) is 10.4. The SMILES string of the molecule is COCCN1CC(CO)NCC1CO. The summed E-state index contributed by atoms with van der Waals surface area (Å²) in [6.45, 7) is 3.25. The van der Waals surface area contributed by atoms with Gasteiger partial charge in [-0.1, -0.05) is 0 Å². The smallest absolute Gasteiger partial charge is 0.0599 e. The van der Waals surface area contributed by atoms with Gasteiger partial charge in [-0.25, -0.2) is 0 Å². The van der Waals surface area contributed by atoms with Crippen LogP contribution in [0, 0.1) is 0 Å². The zero-order valence-corrected chi connectivity index (χ0v) is 8.65. The molecule has 0 amide bonds. The Morgan fingerprint density at radius 2 is 2.21 bits per heavy atom. The van der Waals surface area contributed by atoms with Crippen molar-refractivity contribution in [1.29, 1.82) is 0 Å². The lowest BCUT2D eigenvalue weighted by atomic mass is 10.1. The Morgan fingerprint density at radius 1 is 1.43 bits per heavy atom. The fraction of sp³-hybridized carbons (Fsp3) is 1.00. The second-order valence-electron chi connectivity index (χ2n) is 3.61. The van der Waals surface area contributed by atoms with E-state index >= 15 is 0 Å². The average Bonchev–Trinajstić information content (AvgIpc) is 2.25. The molecule has 0 aliphatic carbocycles. The number of aliphatic hydroxyl groups excluding tert-OH is 2. The molecule has 1 aliphatic rings. The molecule has 1 fully saturated rings. The largest absolute Gasteiger partial charge is 0.395 e. The lowest BCUT2D eigenvalue weighted by Crippen LogP contribution is -2.59. The Kier molecular flexibility index (Phi) is 5.36. The van der Waals surface area contributed by atoms with Gasteiger partial charge in [-0.15, -0.1) is 0 Å². The van der Waals surface area contributed by atoms with Gasteiger partial charge in [-0.3, -0.25) is 4.90 Å². The molecule has 14 heavy (non-hydrogen) atoms. The van der Waals surface area contributed by atoms with Crippen molar-refractivity contribution >= 4 is 0 Å². The van der Waals surface area contributed by atoms with E-state index in [1.165, 1.54) is 0 Å². The molecular formula is C9H20N2O3. The molecular weight excluding hydrogens is 184 g/mol. The molecule has 0 radical (unpaired) electrons. The van der Waals surface area contributed by atoms with Crippen molar-refractivity contribution in [2.24, 2.45) is 0 Å².